The highest BCUT2D eigenvalue weighted by molar-refractivity contribution is 8.01. The number of ether oxygens (including phenoxy) is 2. The molecule has 1 amide bonds. The number of hydrogen-bond donors (Lipinski definition) is 2. The summed E-state index contributed by atoms with van der Waals surface area (Å²) in [6.45, 7) is 6.58. The van der Waals surface area contributed by atoms with Crippen LogP contribution in [0.2, 0.25) is 0 Å². The van der Waals surface area contributed by atoms with Crippen molar-refractivity contribution in [3.8, 4) is 11.5 Å². The highest BCUT2D eigenvalue weighted by Crippen LogP contribution is 2.37. The van der Waals surface area contributed by atoms with Crippen LogP contribution in [-0.4, -0.2) is 41.0 Å². The minimum Gasteiger partial charge on any atom is -0.454 e. The second-order valence-electron chi connectivity index (χ2n) is 6.29. The Morgan fingerprint density at radius 3 is 2.70 bits per heavy atom. The average Bonchev–Trinajstić information content (AvgIpc) is 3.26. The van der Waals surface area contributed by atoms with E-state index in [0.29, 0.717) is 33.0 Å². The fourth-order valence-electron chi connectivity index (χ4n) is 2.28. The number of carbonyl (C=O) groups is 2. The molecule has 0 bridgehead atoms. The van der Waals surface area contributed by atoms with Gasteiger partial charge in [-0.2, -0.15) is 0 Å². The Morgan fingerprint density at radius 1 is 1.26 bits per heavy atom. The van der Waals surface area contributed by atoms with E-state index < -0.39 is 0 Å². The number of nitrogens with one attached hydrogen (secondary N) is 2. The van der Waals surface area contributed by atoms with Crippen molar-refractivity contribution in [1.29, 1.82) is 0 Å². The van der Waals surface area contributed by atoms with Gasteiger partial charge in [0.05, 0.1) is 11.4 Å². The molecule has 1 aliphatic rings. The Kier molecular flexibility index (Phi) is 6.17. The molecule has 2 N–H and O–H groups in total. The first kappa shape index (κ1) is 19.4. The highest BCUT2D eigenvalue weighted by atomic mass is 32.2. The number of thioether (sulfide) groups is 1. The Balaban J connectivity index is 1.59. The molecule has 1 aromatic carbocycles. The van der Waals surface area contributed by atoms with Crippen LogP contribution in [0.3, 0.4) is 0 Å². The second kappa shape index (κ2) is 8.57. The molecule has 0 aliphatic carbocycles. The molecule has 0 saturated heterocycles. The van der Waals surface area contributed by atoms with Gasteiger partial charge in [0.2, 0.25) is 17.8 Å². The second-order valence-corrected chi connectivity index (χ2v) is 8.49. The lowest BCUT2D eigenvalue weighted by Crippen LogP contribution is -2.16. The van der Waals surface area contributed by atoms with Gasteiger partial charge >= 0.3 is 0 Å². The molecule has 2 heterocycles. The molecule has 10 heteroatoms. The summed E-state index contributed by atoms with van der Waals surface area (Å²) in [7, 11) is 0. The summed E-state index contributed by atoms with van der Waals surface area (Å²) < 4.78 is 11.3. The van der Waals surface area contributed by atoms with Gasteiger partial charge in [0, 0.05) is 18.2 Å². The fourth-order valence-corrected chi connectivity index (χ4v) is 3.84. The van der Waals surface area contributed by atoms with E-state index in [-0.39, 0.29) is 24.2 Å². The molecule has 1 aromatic heterocycles. The van der Waals surface area contributed by atoms with E-state index in [1.807, 2.05) is 0 Å². The Hall–Kier alpha value is -2.33. The van der Waals surface area contributed by atoms with Gasteiger partial charge < -0.3 is 20.1 Å². The van der Waals surface area contributed by atoms with Crippen molar-refractivity contribution in [1.82, 2.24) is 10.2 Å². The molecule has 0 unspecified atom stereocenters. The van der Waals surface area contributed by atoms with E-state index in [0.717, 1.165) is 11.7 Å². The zero-order chi connectivity index (χ0) is 19.4. The van der Waals surface area contributed by atoms with E-state index in [4.69, 9.17) is 9.47 Å². The monoisotopic (exact) mass is 408 g/mol. The fraction of sp³-hybridized carbons (Fsp3) is 0.412. The number of nitrogens with zero attached hydrogens (tertiary/aromatic N) is 2. The van der Waals surface area contributed by atoms with Crippen molar-refractivity contribution in [3.63, 3.8) is 0 Å². The molecule has 0 fully saturated rings. The number of Topliss-reactive ketones (excluding diaryl/α,β-unsaturated/α-hetero) is 1. The van der Waals surface area contributed by atoms with Crippen molar-refractivity contribution in [3.05, 3.63) is 17.7 Å². The van der Waals surface area contributed by atoms with Gasteiger partial charge in [-0.1, -0.05) is 36.9 Å². The molecule has 8 nitrogen and oxygen atoms in total. The number of aromatic nitrogens is 2. The molecule has 144 valence electrons. The van der Waals surface area contributed by atoms with Crippen LogP contribution in [0.5, 0.6) is 11.5 Å². The number of ketones is 1. The molecule has 1 aliphatic heterocycles. The molecule has 0 atom stereocenters. The summed E-state index contributed by atoms with van der Waals surface area (Å²) in [5.74, 6) is 1.27. The van der Waals surface area contributed by atoms with Gasteiger partial charge in [-0.15, -0.1) is 10.2 Å². The van der Waals surface area contributed by atoms with Crippen LogP contribution in [0, 0.1) is 5.92 Å². The zero-order valence-corrected chi connectivity index (χ0v) is 16.8. The number of anilines is 2. The maximum absolute atomic E-state index is 12.3. The largest absolute Gasteiger partial charge is 0.454 e. The number of carbonyl (C=O) groups excluding carboxylic acids is 2. The van der Waals surface area contributed by atoms with Crippen LogP contribution in [-0.2, 0) is 4.79 Å². The topological polar surface area (TPSA) is 102 Å². The van der Waals surface area contributed by atoms with Crippen molar-refractivity contribution in [2.45, 2.75) is 25.1 Å². The van der Waals surface area contributed by atoms with E-state index in [9.17, 15) is 9.59 Å². The molecule has 3 rings (SSSR count). The third kappa shape index (κ3) is 5.10. The van der Waals surface area contributed by atoms with Crippen LogP contribution in [0.1, 0.15) is 31.1 Å². The lowest BCUT2D eigenvalue weighted by atomic mass is 10.1. The highest BCUT2D eigenvalue weighted by Gasteiger charge is 2.20. The first-order chi connectivity index (χ1) is 12.9. The SMILES string of the molecule is CC(=O)c1cc2c(cc1NC(=O)CSc1nnc(NCC(C)C)s1)OCO2. The van der Waals surface area contributed by atoms with E-state index >= 15 is 0 Å². The summed E-state index contributed by atoms with van der Waals surface area (Å²) in [5.41, 5.74) is 0.794. The lowest BCUT2D eigenvalue weighted by molar-refractivity contribution is -0.113. The zero-order valence-electron chi connectivity index (χ0n) is 15.2. The summed E-state index contributed by atoms with van der Waals surface area (Å²) in [6, 6.07) is 3.20. The van der Waals surface area contributed by atoms with Gasteiger partial charge in [-0.3, -0.25) is 9.59 Å². The van der Waals surface area contributed by atoms with Gasteiger partial charge in [0.1, 0.15) is 0 Å². The molecular weight excluding hydrogens is 388 g/mol. The van der Waals surface area contributed by atoms with Crippen LogP contribution in [0.15, 0.2) is 16.5 Å². The first-order valence-electron chi connectivity index (χ1n) is 8.37. The number of amides is 1. The first-order valence-corrected chi connectivity index (χ1v) is 10.2. The van der Waals surface area contributed by atoms with Crippen LogP contribution < -0.4 is 20.1 Å². The average molecular weight is 409 g/mol. The predicted molar refractivity (Wildman–Crippen MR) is 105 cm³/mol. The minimum absolute atomic E-state index is 0.101. The van der Waals surface area contributed by atoms with Crippen molar-refractivity contribution < 1.29 is 19.1 Å². The Bertz CT molecular complexity index is 853. The predicted octanol–water partition coefficient (Wildman–Crippen LogP) is 3.27. The Morgan fingerprint density at radius 2 is 2.00 bits per heavy atom. The van der Waals surface area contributed by atoms with Gasteiger partial charge in [-0.25, -0.2) is 0 Å². The summed E-state index contributed by atoms with van der Waals surface area (Å²) in [5, 5.41) is 14.8. The molecule has 0 saturated carbocycles. The standard InChI is InChI=1S/C17H20N4O4S2/c1-9(2)6-18-16-20-21-17(27-16)26-7-15(23)19-12-5-14-13(24-8-25-14)4-11(12)10(3)22/h4-5,9H,6-8H2,1-3H3,(H,18,20)(H,19,23). The Labute approximate surface area is 165 Å². The molecule has 0 radical (unpaired) electrons. The van der Waals surface area contributed by atoms with Crippen molar-refractivity contribution >= 4 is 45.6 Å². The molecule has 2 aromatic rings. The summed E-state index contributed by atoms with van der Waals surface area (Å²) in [4.78, 5) is 24.2. The molecular formula is C17H20N4O4S2. The van der Waals surface area contributed by atoms with Crippen LogP contribution in [0.4, 0.5) is 10.8 Å². The number of rotatable bonds is 8. The van der Waals surface area contributed by atoms with Crippen molar-refractivity contribution in [2.75, 3.05) is 29.7 Å². The van der Waals surface area contributed by atoms with Crippen LogP contribution >= 0.6 is 23.1 Å². The van der Waals surface area contributed by atoms with Gasteiger partial charge in [0.15, 0.2) is 21.6 Å². The normalized spacial score (nSPS) is 12.3. The molecule has 27 heavy (non-hydrogen) atoms. The van der Waals surface area contributed by atoms with Gasteiger partial charge in [0.25, 0.3) is 0 Å². The number of hydrogen-bond acceptors (Lipinski definition) is 9. The van der Waals surface area contributed by atoms with E-state index in [1.54, 1.807) is 12.1 Å². The minimum atomic E-state index is -0.242. The third-order valence-electron chi connectivity index (χ3n) is 3.56. The number of fused-ring (bicyclic) bond motifs is 1. The van der Waals surface area contributed by atoms with Crippen molar-refractivity contribution in [2.24, 2.45) is 5.92 Å². The van der Waals surface area contributed by atoms with Crippen LogP contribution in [0.25, 0.3) is 0 Å². The maximum Gasteiger partial charge on any atom is 0.234 e. The lowest BCUT2D eigenvalue weighted by Gasteiger charge is -2.10. The summed E-state index contributed by atoms with van der Waals surface area (Å²) in [6.07, 6.45) is 0. The number of benzene rings is 1. The van der Waals surface area contributed by atoms with Gasteiger partial charge in [-0.05, 0) is 18.9 Å². The third-order valence-corrected chi connectivity index (χ3v) is 5.58. The van der Waals surface area contributed by atoms with E-state index in [2.05, 4.69) is 34.7 Å². The quantitative estimate of drug-likeness (QED) is 0.507. The maximum atomic E-state index is 12.3. The van der Waals surface area contributed by atoms with E-state index in [1.165, 1.54) is 30.0 Å². The smallest absolute Gasteiger partial charge is 0.234 e. The summed E-state index contributed by atoms with van der Waals surface area (Å²) >= 11 is 2.70. The molecule has 0 spiro atoms.